The van der Waals surface area contributed by atoms with E-state index >= 15 is 0 Å². The van der Waals surface area contributed by atoms with Gasteiger partial charge in [-0.25, -0.2) is 0 Å². The number of fused-ring (bicyclic) bond motifs is 4. The molecule has 0 bridgehead atoms. The minimum atomic E-state index is -0.163. The zero-order valence-electron chi connectivity index (χ0n) is 12.0. The number of hydrogen-bond acceptors (Lipinski definition) is 4. The molecule has 0 fully saturated rings. The molecule has 22 heavy (non-hydrogen) atoms. The van der Waals surface area contributed by atoms with Crippen LogP contribution in [0.1, 0.15) is 27.5 Å². The summed E-state index contributed by atoms with van der Waals surface area (Å²) in [7, 11) is 1.46. The van der Waals surface area contributed by atoms with Crippen molar-refractivity contribution < 1.29 is 14.6 Å². The molecule has 0 radical (unpaired) electrons. The molecule has 1 N–H and O–H groups in total. The number of carbonyl (C=O) groups excluding carboxylic acids is 1. The average molecular weight is 294 g/mol. The van der Waals surface area contributed by atoms with E-state index in [1.165, 1.54) is 13.2 Å². The van der Waals surface area contributed by atoms with E-state index in [1.807, 2.05) is 24.3 Å². The number of nitrogens with zero attached hydrogens (tertiary/aromatic N) is 2. The summed E-state index contributed by atoms with van der Waals surface area (Å²) in [5.74, 6) is 0.151. The highest BCUT2D eigenvalue weighted by Gasteiger charge is 2.35. The Hall–Kier alpha value is -2.82. The first-order valence-corrected chi connectivity index (χ1v) is 7.03. The van der Waals surface area contributed by atoms with Crippen molar-refractivity contribution in [2.24, 2.45) is 4.99 Å². The van der Waals surface area contributed by atoms with Crippen LogP contribution < -0.4 is 4.74 Å². The maximum absolute atomic E-state index is 12.9. The Balaban J connectivity index is 1.85. The van der Waals surface area contributed by atoms with Crippen LogP contribution in [-0.4, -0.2) is 29.2 Å². The predicted octanol–water partition coefficient (Wildman–Crippen LogP) is 2.81. The third-order valence-electron chi connectivity index (χ3n) is 4.19. The van der Waals surface area contributed by atoms with E-state index in [0.717, 1.165) is 11.1 Å². The lowest BCUT2D eigenvalue weighted by molar-refractivity contribution is 0.0739. The van der Waals surface area contributed by atoms with Gasteiger partial charge in [-0.3, -0.25) is 9.79 Å². The van der Waals surface area contributed by atoms with E-state index in [0.29, 0.717) is 17.8 Å². The minimum Gasteiger partial charge on any atom is -0.504 e. The van der Waals surface area contributed by atoms with Crippen LogP contribution in [-0.2, 0) is 6.54 Å². The summed E-state index contributed by atoms with van der Waals surface area (Å²) >= 11 is 0. The number of benzene rings is 2. The van der Waals surface area contributed by atoms with Crippen LogP contribution in [0.5, 0.6) is 11.5 Å². The van der Waals surface area contributed by atoms with Crippen molar-refractivity contribution in [3.8, 4) is 11.5 Å². The van der Waals surface area contributed by atoms with Crippen LogP contribution in [0, 0.1) is 0 Å². The number of phenolic OH excluding ortho intramolecular Hbond substituents is 1. The molecule has 2 aliphatic heterocycles. The van der Waals surface area contributed by atoms with Crippen LogP contribution in [0.3, 0.4) is 0 Å². The second kappa shape index (κ2) is 4.59. The standard InChI is InChI=1S/C17H14N2O3/c1-22-16-6-12-13(7-15(16)20)18-8-14-11-5-3-2-4-10(11)9-19(14)17(12)21/h2-8,14,20H,9H2,1H3/t14-/m1/s1. The number of ether oxygens (including phenoxy) is 1. The molecule has 0 aromatic heterocycles. The van der Waals surface area contributed by atoms with Crippen LogP contribution in [0.25, 0.3) is 0 Å². The van der Waals surface area contributed by atoms with E-state index in [2.05, 4.69) is 4.99 Å². The van der Waals surface area contributed by atoms with Crippen LogP contribution in [0.4, 0.5) is 5.69 Å². The molecular formula is C17H14N2O3. The predicted molar refractivity (Wildman–Crippen MR) is 81.9 cm³/mol. The molecule has 0 saturated heterocycles. The Morgan fingerprint density at radius 1 is 1.32 bits per heavy atom. The third kappa shape index (κ3) is 1.72. The number of hydrogen-bond donors (Lipinski definition) is 1. The zero-order valence-corrected chi connectivity index (χ0v) is 12.0. The van der Waals surface area contributed by atoms with Crippen molar-refractivity contribution in [3.05, 3.63) is 53.1 Å². The first-order chi connectivity index (χ1) is 10.7. The number of carbonyl (C=O) groups is 1. The fourth-order valence-corrected chi connectivity index (χ4v) is 3.08. The van der Waals surface area contributed by atoms with Crippen LogP contribution >= 0.6 is 0 Å². The molecule has 0 aliphatic carbocycles. The van der Waals surface area contributed by atoms with Crippen molar-refractivity contribution in [1.82, 2.24) is 4.90 Å². The van der Waals surface area contributed by atoms with Gasteiger partial charge in [0.25, 0.3) is 5.91 Å². The summed E-state index contributed by atoms with van der Waals surface area (Å²) in [6.45, 7) is 0.564. The molecule has 0 spiro atoms. The van der Waals surface area contributed by atoms with Gasteiger partial charge in [0.1, 0.15) is 0 Å². The monoisotopic (exact) mass is 294 g/mol. The number of aliphatic imine (C=N–C) groups is 1. The van der Waals surface area contributed by atoms with Gasteiger partial charge in [-0.05, 0) is 17.2 Å². The van der Waals surface area contributed by atoms with Gasteiger partial charge in [0.05, 0.1) is 24.4 Å². The minimum absolute atomic E-state index is 0.0198. The molecule has 2 aromatic rings. The number of methoxy groups -OCH3 is 1. The lowest BCUT2D eigenvalue weighted by Crippen LogP contribution is -2.29. The summed E-state index contributed by atoms with van der Waals surface area (Å²) in [5, 5.41) is 9.88. The normalized spacial score (nSPS) is 18.5. The highest BCUT2D eigenvalue weighted by atomic mass is 16.5. The highest BCUT2D eigenvalue weighted by Crippen LogP contribution is 2.41. The molecule has 0 unspecified atom stereocenters. The maximum Gasteiger partial charge on any atom is 0.257 e. The van der Waals surface area contributed by atoms with Crippen molar-refractivity contribution in [3.63, 3.8) is 0 Å². The summed E-state index contributed by atoms with van der Waals surface area (Å²) in [4.78, 5) is 19.1. The highest BCUT2D eigenvalue weighted by molar-refractivity contribution is 6.04. The Labute approximate surface area is 127 Å². The largest absolute Gasteiger partial charge is 0.504 e. The van der Waals surface area contributed by atoms with E-state index in [-0.39, 0.29) is 23.4 Å². The summed E-state index contributed by atoms with van der Waals surface area (Å²) in [6, 6.07) is 10.8. The van der Waals surface area contributed by atoms with Crippen LogP contribution in [0.15, 0.2) is 41.4 Å². The topological polar surface area (TPSA) is 62.1 Å². The summed E-state index contributed by atoms with van der Waals surface area (Å²) < 4.78 is 5.10. The van der Waals surface area contributed by atoms with Crippen LogP contribution in [0.2, 0.25) is 0 Å². The van der Waals surface area contributed by atoms with Crippen molar-refractivity contribution >= 4 is 17.8 Å². The second-order valence-electron chi connectivity index (χ2n) is 5.40. The first-order valence-electron chi connectivity index (χ1n) is 7.03. The Morgan fingerprint density at radius 3 is 2.95 bits per heavy atom. The van der Waals surface area contributed by atoms with Gasteiger partial charge in [0, 0.05) is 18.8 Å². The molecule has 1 amide bonds. The van der Waals surface area contributed by atoms with E-state index < -0.39 is 0 Å². The first kappa shape index (κ1) is 12.9. The van der Waals surface area contributed by atoms with E-state index in [9.17, 15) is 9.90 Å². The lowest BCUT2D eigenvalue weighted by atomic mass is 10.1. The van der Waals surface area contributed by atoms with Gasteiger partial charge in [0.2, 0.25) is 0 Å². The molecular weight excluding hydrogens is 280 g/mol. The third-order valence-corrected chi connectivity index (χ3v) is 4.19. The quantitative estimate of drug-likeness (QED) is 0.879. The number of rotatable bonds is 1. The lowest BCUT2D eigenvalue weighted by Gasteiger charge is -2.20. The Bertz CT molecular complexity index is 814. The number of phenols is 1. The Morgan fingerprint density at radius 2 is 2.14 bits per heavy atom. The fourth-order valence-electron chi connectivity index (χ4n) is 3.08. The average Bonchev–Trinajstić information content (AvgIpc) is 2.85. The molecule has 2 aromatic carbocycles. The smallest absolute Gasteiger partial charge is 0.257 e. The maximum atomic E-state index is 12.9. The zero-order chi connectivity index (χ0) is 15.3. The van der Waals surface area contributed by atoms with Crippen molar-refractivity contribution in [2.45, 2.75) is 12.6 Å². The molecule has 0 saturated carbocycles. The molecule has 1 atom stereocenters. The van der Waals surface area contributed by atoms with E-state index in [1.54, 1.807) is 17.2 Å². The SMILES string of the molecule is COc1cc2c(cc1O)N=C[C@@H]1c3ccccc3CN1C2=O. The van der Waals surface area contributed by atoms with Gasteiger partial charge in [0.15, 0.2) is 11.5 Å². The Kier molecular flexibility index (Phi) is 2.69. The molecule has 2 aliphatic rings. The van der Waals surface area contributed by atoms with Gasteiger partial charge >= 0.3 is 0 Å². The molecule has 5 nitrogen and oxygen atoms in total. The summed E-state index contributed by atoms with van der Waals surface area (Å²) in [6.07, 6.45) is 1.77. The van der Waals surface area contributed by atoms with Gasteiger partial charge < -0.3 is 14.7 Å². The van der Waals surface area contributed by atoms with Gasteiger partial charge in [-0.15, -0.1) is 0 Å². The molecule has 4 rings (SSSR count). The molecule has 110 valence electrons. The molecule has 2 heterocycles. The fraction of sp³-hybridized carbons (Fsp3) is 0.176. The number of aromatic hydroxyl groups is 1. The van der Waals surface area contributed by atoms with Crippen molar-refractivity contribution in [2.75, 3.05) is 7.11 Å². The van der Waals surface area contributed by atoms with Gasteiger partial charge in [-0.1, -0.05) is 24.3 Å². The van der Waals surface area contributed by atoms with Gasteiger partial charge in [-0.2, -0.15) is 0 Å². The van der Waals surface area contributed by atoms with Crippen molar-refractivity contribution in [1.29, 1.82) is 0 Å². The second-order valence-corrected chi connectivity index (χ2v) is 5.40. The summed E-state index contributed by atoms with van der Waals surface area (Å²) in [5.41, 5.74) is 3.15. The number of amides is 1. The molecule has 5 heteroatoms. The van der Waals surface area contributed by atoms with E-state index in [4.69, 9.17) is 4.74 Å².